The third-order valence-electron chi connectivity index (χ3n) is 2.88. The lowest BCUT2D eigenvalue weighted by Crippen LogP contribution is -2.15. The van der Waals surface area contributed by atoms with Crippen LogP contribution in [0.1, 0.15) is 15.9 Å². The van der Waals surface area contributed by atoms with Crippen LogP contribution in [0.4, 0.5) is 24.5 Å². The molecule has 2 rings (SSSR count). The molecule has 2 aromatic rings. The van der Waals surface area contributed by atoms with Crippen molar-refractivity contribution in [3.05, 3.63) is 67.3 Å². The zero-order valence-corrected chi connectivity index (χ0v) is 13.4. The Bertz CT molecular complexity index is 778. The minimum Gasteiger partial charge on any atom is -0.322 e. The maximum Gasteiger partial charge on any atom is 0.423 e. The molecule has 0 aromatic heterocycles. The Morgan fingerprint density at radius 3 is 2.39 bits per heavy atom. The summed E-state index contributed by atoms with van der Waals surface area (Å²) in [5.41, 5.74) is -2.36. The average molecular weight is 436 g/mol. The van der Waals surface area contributed by atoms with Gasteiger partial charge in [-0.15, -0.1) is 0 Å². The molecule has 0 unspecified atom stereocenters. The predicted octanol–water partition coefficient (Wildman–Crippen LogP) is 4.47. The highest BCUT2D eigenvalue weighted by molar-refractivity contribution is 14.1. The molecule has 23 heavy (non-hydrogen) atoms. The van der Waals surface area contributed by atoms with Gasteiger partial charge in [-0.05, 0) is 46.9 Å². The molecule has 0 heterocycles. The summed E-state index contributed by atoms with van der Waals surface area (Å²) in [7, 11) is 0. The van der Waals surface area contributed by atoms with E-state index in [4.69, 9.17) is 0 Å². The Kier molecular flexibility index (Phi) is 4.88. The fraction of sp³-hybridized carbons (Fsp3) is 0.0714. The van der Waals surface area contributed by atoms with E-state index in [9.17, 15) is 28.1 Å². The fourth-order valence-electron chi connectivity index (χ4n) is 1.84. The van der Waals surface area contributed by atoms with Gasteiger partial charge in [0.05, 0.1) is 10.5 Å². The molecule has 0 aliphatic rings. The molecule has 9 heteroatoms. The number of benzene rings is 2. The lowest BCUT2D eigenvalue weighted by atomic mass is 10.1. The standard InChI is InChI=1S/C14H8F3IN2O3/c15-14(16,17)10-7-8(5-6-12(10)20(22)23)19-13(21)9-3-1-2-4-11(9)18/h1-7H,(H,19,21). The van der Waals surface area contributed by atoms with Crippen LogP contribution >= 0.6 is 22.6 Å². The summed E-state index contributed by atoms with van der Waals surface area (Å²) >= 11 is 1.92. The molecule has 0 spiro atoms. The first-order chi connectivity index (χ1) is 10.7. The van der Waals surface area contributed by atoms with Crippen LogP contribution in [-0.4, -0.2) is 10.8 Å². The number of amides is 1. The van der Waals surface area contributed by atoms with E-state index < -0.39 is 28.3 Å². The monoisotopic (exact) mass is 436 g/mol. The summed E-state index contributed by atoms with van der Waals surface area (Å²) in [6.07, 6.45) is -4.90. The molecule has 1 amide bonds. The molecular weight excluding hydrogens is 428 g/mol. The summed E-state index contributed by atoms with van der Waals surface area (Å²) in [4.78, 5) is 21.7. The van der Waals surface area contributed by atoms with Gasteiger partial charge in [-0.3, -0.25) is 14.9 Å². The van der Waals surface area contributed by atoms with Crippen LogP contribution in [0.5, 0.6) is 0 Å². The Labute approximate surface area is 141 Å². The highest BCUT2D eigenvalue weighted by Crippen LogP contribution is 2.37. The van der Waals surface area contributed by atoms with E-state index in [0.717, 1.165) is 6.07 Å². The molecule has 0 saturated heterocycles. The van der Waals surface area contributed by atoms with Crippen LogP contribution < -0.4 is 5.32 Å². The Morgan fingerprint density at radius 1 is 1.17 bits per heavy atom. The zero-order chi connectivity index (χ0) is 17.2. The number of nitro groups is 1. The predicted molar refractivity (Wildman–Crippen MR) is 85.2 cm³/mol. The molecule has 0 fully saturated rings. The number of alkyl halides is 3. The maximum absolute atomic E-state index is 12.9. The SMILES string of the molecule is O=C(Nc1ccc([N+](=O)[O-])c(C(F)(F)F)c1)c1ccccc1I. The second kappa shape index (κ2) is 6.52. The summed E-state index contributed by atoms with van der Waals surface area (Å²) in [6.45, 7) is 0. The van der Waals surface area contributed by atoms with E-state index in [1.165, 1.54) is 6.07 Å². The first-order valence-corrected chi connectivity index (χ1v) is 7.19. The van der Waals surface area contributed by atoms with Gasteiger partial charge < -0.3 is 5.32 Å². The van der Waals surface area contributed by atoms with Crippen molar-refractivity contribution >= 4 is 39.9 Å². The first-order valence-electron chi connectivity index (χ1n) is 6.11. The van der Waals surface area contributed by atoms with Crippen molar-refractivity contribution in [2.75, 3.05) is 5.32 Å². The van der Waals surface area contributed by atoms with Crippen molar-refractivity contribution in [2.24, 2.45) is 0 Å². The molecule has 1 N–H and O–H groups in total. The first kappa shape index (κ1) is 17.2. The lowest BCUT2D eigenvalue weighted by Gasteiger charge is -2.11. The van der Waals surface area contributed by atoms with Crippen LogP contribution in [0.3, 0.4) is 0 Å². The number of hydrogen-bond acceptors (Lipinski definition) is 3. The van der Waals surface area contributed by atoms with E-state index in [0.29, 0.717) is 21.3 Å². The largest absolute Gasteiger partial charge is 0.423 e. The highest BCUT2D eigenvalue weighted by atomic mass is 127. The third-order valence-corrected chi connectivity index (χ3v) is 3.82. The van der Waals surface area contributed by atoms with E-state index in [1.807, 2.05) is 22.6 Å². The lowest BCUT2D eigenvalue weighted by molar-refractivity contribution is -0.388. The Hall–Kier alpha value is -2.17. The smallest absolute Gasteiger partial charge is 0.322 e. The summed E-state index contributed by atoms with van der Waals surface area (Å²) in [6, 6.07) is 8.85. The van der Waals surface area contributed by atoms with Crippen LogP contribution in [-0.2, 0) is 6.18 Å². The van der Waals surface area contributed by atoms with Gasteiger partial charge in [-0.25, -0.2) is 0 Å². The fourth-order valence-corrected chi connectivity index (χ4v) is 2.48. The van der Waals surface area contributed by atoms with Crippen molar-refractivity contribution in [3.8, 4) is 0 Å². The number of rotatable bonds is 3. The number of carbonyl (C=O) groups is 1. The van der Waals surface area contributed by atoms with E-state index in [-0.39, 0.29) is 5.69 Å². The van der Waals surface area contributed by atoms with Gasteiger partial charge in [0.15, 0.2) is 0 Å². The number of anilines is 1. The quantitative estimate of drug-likeness (QED) is 0.439. The van der Waals surface area contributed by atoms with Gasteiger partial charge in [0, 0.05) is 15.3 Å². The molecular formula is C14H8F3IN2O3. The minimum absolute atomic E-state index is 0.174. The molecule has 0 saturated carbocycles. The van der Waals surface area contributed by atoms with Crippen LogP contribution in [0.25, 0.3) is 0 Å². The second-order valence-corrected chi connectivity index (χ2v) is 5.58. The van der Waals surface area contributed by atoms with Crippen molar-refractivity contribution in [1.29, 1.82) is 0 Å². The zero-order valence-electron chi connectivity index (χ0n) is 11.2. The van der Waals surface area contributed by atoms with Gasteiger partial charge in [0.25, 0.3) is 11.6 Å². The van der Waals surface area contributed by atoms with E-state index in [1.54, 1.807) is 18.2 Å². The molecule has 120 valence electrons. The summed E-state index contributed by atoms with van der Waals surface area (Å²) < 4.78 is 39.3. The number of hydrogen-bond donors (Lipinski definition) is 1. The van der Waals surface area contributed by atoms with E-state index >= 15 is 0 Å². The van der Waals surface area contributed by atoms with Crippen molar-refractivity contribution in [2.45, 2.75) is 6.18 Å². The Morgan fingerprint density at radius 2 is 1.83 bits per heavy atom. The maximum atomic E-state index is 12.9. The van der Waals surface area contributed by atoms with E-state index in [2.05, 4.69) is 5.32 Å². The molecule has 0 aliphatic heterocycles. The van der Waals surface area contributed by atoms with Crippen LogP contribution in [0.15, 0.2) is 42.5 Å². The van der Waals surface area contributed by atoms with Crippen molar-refractivity contribution < 1.29 is 22.9 Å². The number of nitrogens with one attached hydrogen (secondary N) is 1. The number of carbonyl (C=O) groups excluding carboxylic acids is 1. The van der Waals surface area contributed by atoms with Gasteiger partial charge in [0.1, 0.15) is 5.56 Å². The van der Waals surface area contributed by atoms with Gasteiger partial charge in [-0.1, -0.05) is 12.1 Å². The van der Waals surface area contributed by atoms with Gasteiger partial charge >= 0.3 is 6.18 Å². The normalized spacial score (nSPS) is 11.1. The number of halogens is 4. The van der Waals surface area contributed by atoms with Crippen molar-refractivity contribution in [1.82, 2.24) is 0 Å². The average Bonchev–Trinajstić information content (AvgIpc) is 2.46. The molecule has 0 radical (unpaired) electrons. The summed E-state index contributed by atoms with van der Waals surface area (Å²) in [5.74, 6) is -0.600. The number of nitro benzene ring substituents is 1. The van der Waals surface area contributed by atoms with Gasteiger partial charge in [0.2, 0.25) is 0 Å². The topological polar surface area (TPSA) is 72.2 Å². The third kappa shape index (κ3) is 3.97. The molecule has 5 nitrogen and oxygen atoms in total. The highest BCUT2D eigenvalue weighted by Gasteiger charge is 2.38. The second-order valence-electron chi connectivity index (χ2n) is 4.42. The van der Waals surface area contributed by atoms with Gasteiger partial charge in [-0.2, -0.15) is 13.2 Å². The molecule has 0 atom stereocenters. The Balaban J connectivity index is 2.36. The minimum atomic E-state index is -4.90. The molecule has 0 bridgehead atoms. The molecule has 2 aromatic carbocycles. The molecule has 0 aliphatic carbocycles. The number of nitrogens with zero attached hydrogens (tertiary/aromatic N) is 1. The van der Waals surface area contributed by atoms with Crippen LogP contribution in [0.2, 0.25) is 0 Å². The summed E-state index contributed by atoms with van der Waals surface area (Å²) in [5, 5.41) is 13.0. The van der Waals surface area contributed by atoms with Crippen molar-refractivity contribution in [3.63, 3.8) is 0 Å². The van der Waals surface area contributed by atoms with Crippen LogP contribution in [0, 0.1) is 13.7 Å².